The van der Waals surface area contributed by atoms with Crippen LogP contribution in [-0.2, 0) is 17.4 Å². The molecule has 3 aromatic rings. The molecule has 0 saturated heterocycles. The molecule has 0 radical (unpaired) electrons. The molecule has 33 heavy (non-hydrogen) atoms. The molecule has 3 rings (SSSR count). The van der Waals surface area contributed by atoms with Crippen molar-refractivity contribution in [2.24, 2.45) is 0 Å². The van der Waals surface area contributed by atoms with Crippen molar-refractivity contribution in [2.75, 3.05) is 6.61 Å². The Morgan fingerprint density at radius 1 is 0.970 bits per heavy atom. The summed E-state index contributed by atoms with van der Waals surface area (Å²) in [6.07, 6.45) is 3.81. The molecular weight excluding hydrogens is 428 g/mol. The maximum absolute atomic E-state index is 12.8. The van der Waals surface area contributed by atoms with E-state index in [1.54, 1.807) is 4.57 Å². The summed E-state index contributed by atoms with van der Waals surface area (Å²) in [5, 5.41) is 0.670. The Balaban J connectivity index is 1.69. The molecule has 0 aliphatic carbocycles. The summed E-state index contributed by atoms with van der Waals surface area (Å²) in [5.41, 5.74) is 3.57. The van der Waals surface area contributed by atoms with E-state index in [1.165, 1.54) is 11.1 Å². The molecule has 0 bridgehead atoms. The van der Waals surface area contributed by atoms with Crippen molar-refractivity contribution in [1.29, 1.82) is 0 Å². The van der Waals surface area contributed by atoms with Crippen molar-refractivity contribution in [3.63, 3.8) is 0 Å². The molecule has 5 heteroatoms. The van der Waals surface area contributed by atoms with E-state index in [2.05, 4.69) is 64.7 Å². The minimum absolute atomic E-state index is 0.0311. The van der Waals surface area contributed by atoms with E-state index in [4.69, 9.17) is 17.0 Å². The first kappa shape index (κ1) is 25.2. The summed E-state index contributed by atoms with van der Waals surface area (Å²) in [5.74, 6) is 0.970. The second kappa shape index (κ2) is 10.3. The monoisotopic (exact) mass is 466 g/mol. The zero-order chi connectivity index (χ0) is 24.2. The van der Waals surface area contributed by atoms with Gasteiger partial charge in [-0.15, -0.1) is 0 Å². The lowest BCUT2D eigenvalue weighted by atomic mass is 9.76. The molecular formula is C28H38N2O2S. The number of hydrogen-bond donors (Lipinski definition) is 1. The summed E-state index contributed by atoms with van der Waals surface area (Å²) >= 11 is 5.42. The number of para-hydroxylation sites is 1. The average molecular weight is 467 g/mol. The Hall–Kier alpha value is -2.40. The third kappa shape index (κ3) is 5.57. The molecule has 0 aliphatic heterocycles. The number of hydrogen-bond acceptors (Lipinski definition) is 3. The van der Waals surface area contributed by atoms with Gasteiger partial charge in [-0.1, -0.05) is 65.8 Å². The fraction of sp³-hybridized carbons (Fsp3) is 0.500. The van der Waals surface area contributed by atoms with E-state index in [-0.39, 0.29) is 16.4 Å². The van der Waals surface area contributed by atoms with Crippen molar-refractivity contribution >= 4 is 23.1 Å². The van der Waals surface area contributed by atoms with Gasteiger partial charge in [-0.25, -0.2) is 0 Å². The zero-order valence-electron chi connectivity index (χ0n) is 21.0. The molecule has 1 aromatic heterocycles. The van der Waals surface area contributed by atoms with Crippen LogP contribution in [-0.4, -0.2) is 16.2 Å². The standard InChI is InChI=1S/C28H38N2O2S/c1-7-27(3,4)20-15-16-24(22(19-20)28(5,6)8-2)32-18-12-11-17-30-25(31)21-13-9-10-14-23(21)29-26(30)33/h9-10,13-16,19H,7-8,11-12,17-18H2,1-6H3,(H,29,33). The van der Waals surface area contributed by atoms with Gasteiger partial charge in [-0.3, -0.25) is 9.36 Å². The number of nitrogens with zero attached hydrogens (tertiary/aromatic N) is 1. The van der Waals surface area contributed by atoms with Crippen LogP contribution in [0.4, 0.5) is 0 Å². The SMILES string of the molecule is CCC(C)(C)c1ccc(OCCCCn2c(=S)[nH]c3ccccc3c2=O)c(C(C)(C)CC)c1. The zero-order valence-corrected chi connectivity index (χ0v) is 21.8. The van der Waals surface area contributed by atoms with Gasteiger partial charge in [0.25, 0.3) is 5.56 Å². The van der Waals surface area contributed by atoms with Crippen LogP contribution in [0.3, 0.4) is 0 Å². The molecule has 1 N–H and O–H groups in total. The highest BCUT2D eigenvalue weighted by atomic mass is 32.1. The van der Waals surface area contributed by atoms with Crippen LogP contribution in [0, 0.1) is 4.77 Å². The third-order valence-electron chi connectivity index (χ3n) is 7.18. The first-order valence-corrected chi connectivity index (χ1v) is 12.5. The van der Waals surface area contributed by atoms with E-state index in [0.717, 1.165) is 36.9 Å². The van der Waals surface area contributed by atoms with Gasteiger partial charge in [-0.2, -0.15) is 0 Å². The molecule has 0 fully saturated rings. The number of rotatable bonds is 10. The molecule has 0 unspecified atom stereocenters. The summed E-state index contributed by atoms with van der Waals surface area (Å²) in [6, 6.07) is 14.2. The van der Waals surface area contributed by atoms with Gasteiger partial charge >= 0.3 is 0 Å². The van der Waals surface area contributed by atoms with Gasteiger partial charge in [0.1, 0.15) is 5.75 Å². The lowest BCUT2D eigenvalue weighted by Crippen LogP contribution is -2.22. The minimum Gasteiger partial charge on any atom is -0.493 e. The lowest BCUT2D eigenvalue weighted by Gasteiger charge is -2.30. The summed E-state index contributed by atoms with van der Waals surface area (Å²) in [4.78, 5) is 16.0. The number of fused-ring (bicyclic) bond motifs is 1. The van der Waals surface area contributed by atoms with Crippen LogP contribution < -0.4 is 10.3 Å². The van der Waals surface area contributed by atoms with Gasteiger partial charge in [0, 0.05) is 12.1 Å². The van der Waals surface area contributed by atoms with E-state index >= 15 is 0 Å². The molecule has 2 aromatic carbocycles. The fourth-order valence-electron chi connectivity index (χ4n) is 3.96. The highest BCUT2D eigenvalue weighted by Crippen LogP contribution is 2.38. The first-order chi connectivity index (χ1) is 15.6. The molecule has 0 saturated carbocycles. The van der Waals surface area contributed by atoms with Gasteiger partial charge in [0.15, 0.2) is 4.77 Å². The number of aromatic nitrogens is 2. The van der Waals surface area contributed by atoms with Crippen molar-refractivity contribution in [3.8, 4) is 5.75 Å². The smallest absolute Gasteiger partial charge is 0.262 e. The Bertz CT molecular complexity index is 1220. The Kier molecular flexibility index (Phi) is 7.84. The van der Waals surface area contributed by atoms with Crippen LogP contribution in [0.5, 0.6) is 5.75 Å². The molecule has 178 valence electrons. The van der Waals surface area contributed by atoms with E-state index in [0.29, 0.717) is 23.3 Å². The molecule has 1 heterocycles. The predicted molar refractivity (Wildman–Crippen MR) is 141 cm³/mol. The van der Waals surface area contributed by atoms with Crippen LogP contribution >= 0.6 is 12.2 Å². The second-order valence-corrected chi connectivity index (χ2v) is 10.6. The van der Waals surface area contributed by atoms with Crippen molar-refractivity contribution in [3.05, 3.63) is 68.7 Å². The van der Waals surface area contributed by atoms with Crippen LogP contribution in [0.1, 0.15) is 78.4 Å². The first-order valence-electron chi connectivity index (χ1n) is 12.1. The van der Waals surface area contributed by atoms with Crippen LogP contribution in [0.25, 0.3) is 10.9 Å². The Morgan fingerprint density at radius 3 is 2.36 bits per heavy atom. The van der Waals surface area contributed by atoms with Crippen LogP contribution in [0.2, 0.25) is 0 Å². The van der Waals surface area contributed by atoms with E-state index < -0.39 is 0 Å². The van der Waals surface area contributed by atoms with Gasteiger partial charge in [0.05, 0.1) is 17.5 Å². The minimum atomic E-state index is -0.0311. The maximum atomic E-state index is 12.8. The van der Waals surface area contributed by atoms with E-state index in [1.807, 2.05) is 24.3 Å². The number of benzene rings is 2. The second-order valence-electron chi connectivity index (χ2n) is 10.2. The Morgan fingerprint density at radius 2 is 1.67 bits per heavy atom. The topological polar surface area (TPSA) is 47.0 Å². The molecule has 0 aliphatic rings. The number of aromatic amines is 1. The quantitative estimate of drug-likeness (QED) is 0.252. The van der Waals surface area contributed by atoms with Gasteiger partial charge in [-0.05, 0) is 72.5 Å². The number of ether oxygens (including phenoxy) is 1. The summed E-state index contributed by atoms with van der Waals surface area (Å²) in [6.45, 7) is 14.8. The molecule has 0 spiro atoms. The van der Waals surface area contributed by atoms with Gasteiger partial charge < -0.3 is 9.72 Å². The molecule has 0 amide bonds. The molecule has 4 nitrogen and oxygen atoms in total. The summed E-state index contributed by atoms with van der Waals surface area (Å²) in [7, 11) is 0. The normalized spacial score (nSPS) is 12.3. The summed E-state index contributed by atoms with van der Waals surface area (Å²) < 4.78 is 8.40. The highest BCUT2D eigenvalue weighted by molar-refractivity contribution is 7.71. The van der Waals surface area contributed by atoms with E-state index in [9.17, 15) is 4.79 Å². The molecule has 0 atom stereocenters. The third-order valence-corrected chi connectivity index (χ3v) is 7.50. The Labute approximate surface area is 203 Å². The van der Waals surface area contributed by atoms with Gasteiger partial charge in [0.2, 0.25) is 0 Å². The fourth-order valence-corrected chi connectivity index (χ4v) is 4.24. The van der Waals surface area contributed by atoms with Crippen molar-refractivity contribution in [1.82, 2.24) is 9.55 Å². The highest BCUT2D eigenvalue weighted by Gasteiger charge is 2.26. The van der Waals surface area contributed by atoms with Crippen molar-refractivity contribution in [2.45, 2.75) is 84.6 Å². The largest absolute Gasteiger partial charge is 0.493 e. The number of nitrogens with one attached hydrogen (secondary N) is 1. The lowest BCUT2D eigenvalue weighted by molar-refractivity contribution is 0.292. The number of H-pyrrole nitrogens is 1. The van der Waals surface area contributed by atoms with Crippen LogP contribution in [0.15, 0.2) is 47.3 Å². The number of unbranched alkanes of at least 4 members (excludes halogenated alkanes) is 1. The average Bonchev–Trinajstić information content (AvgIpc) is 2.80. The maximum Gasteiger partial charge on any atom is 0.262 e. The van der Waals surface area contributed by atoms with Crippen molar-refractivity contribution < 1.29 is 4.74 Å². The predicted octanol–water partition coefficient (Wildman–Crippen LogP) is 7.29.